The Bertz CT molecular complexity index is 1330. The summed E-state index contributed by atoms with van der Waals surface area (Å²) >= 11 is 1.56. The maximum absolute atomic E-state index is 13.1. The maximum Gasteiger partial charge on any atom is 0.269 e. The van der Waals surface area contributed by atoms with Gasteiger partial charge in [-0.3, -0.25) is 14.9 Å². The van der Waals surface area contributed by atoms with Gasteiger partial charge in [-0.15, -0.1) is 11.8 Å². The zero-order valence-electron chi connectivity index (χ0n) is 18.0. The van der Waals surface area contributed by atoms with Crippen molar-refractivity contribution in [3.63, 3.8) is 0 Å². The summed E-state index contributed by atoms with van der Waals surface area (Å²) in [6, 6.07) is 22.9. The van der Waals surface area contributed by atoms with E-state index < -0.39 is 0 Å². The summed E-state index contributed by atoms with van der Waals surface area (Å²) in [7, 11) is 0. The fraction of sp³-hybridized carbons (Fsp3) is 0.192. The van der Waals surface area contributed by atoms with Crippen LogP contribution >= 0.6 is 11.8 Å². The van der Waals surface area contributed by atoms with Crippen LogP contribution in [0, 0.1) is 10.1 Å². The van der Waals surface area contributed by atoms with Gasteiger partial charge in [-0.25, -0.2) is 0 Å². The van der Waals surface area contributed by atoms with Gasteiger partial charge in [0.05, 0.1) is 10.7 Å². The quantitative estimate of drug-likeness (QED) is 0.213. The summed E-state index contributed by atoms with van der Waals surface area (Å²) < 4.78 is 2.14. The van der Waals surface area contributed by atoms with Crippen molar-refractivity contribution in [2.24, 2.45) is 0 Å². The predicted octanol–water partition coefficient (Wildman–Crippen LogP) is 5.67. The minimum atomic E-state index is -0.388. The number of hydrogen-bond donors (Lipinski definition) is 0. The maximum atomic E-state index is 13.1. The highest BCUT2D eigenvalue weighted by molar-refractivity contribution is 8.00. The van der Waals surface area contributed by atoms with E-state index in [1.54, 1.807) is 23.9 Å². The highest BCUT2D eigenvalue weighted by Gasteiger charge is 2.22. The van der Waals surface area contributed by atoms with E-state index in [1.165, 1.54) is 17.7 Å². The van der Waals surface area contributed by atoms with Crippen molar-refractivity contribution in [2.75, 3.05) is 17.2 Å². The van der Waals surface area contributed by atoms with Crippen molar-refractivity contribution in [3.05, 3.63) is 100 Å². The number of thioether (sulfide) groups is 1. The second kappa shape index (κ2) is 9.11. The lowest BCUT2D eigenvalue weighted by molar-refractivity contribution is -0.384. The average molecular weight is 458 g/mol. The predicted molar refractivity (Wildman–Crippen MR) is 132 cm³/mol. The summed E-state index contributed by atoms with van der Waals surface area (Å²) in [4.78, 5) is 26.6. The molecule has 0 fully saturated rings. The van der Waals surface area contributed by atoms with E-state index in [9.17, 15) is 14.9 Å². The van der Waals surface area contributed by atoms with Gasteiger partial charge in [0.15, 0.2) is 0 Å². The Morgan fingerprint density at radius 2 is 1.76 bits per heavy atom. The minimum Gasteiger partial charge on any atom is -0.342 e. The van der Waals surface area contributed by atoms with Crippen molar-refractivity contribution in [3.8, 4) is 0 Å². The summed E-state index contributed by atoms with van der Waals surface area (Å²) in [5.74, 6) is 0.499. The van der Waals surface area contributed by atoms with Crippen LogP contribution in [0.1, 0.15) is 17.5 Å². The first kappa shape index (κ1) is 21.3. The molecule has 0 radical (unpaired) electrons. The van der Waals surface area contributed by atoms with Crippen molar-refractivity contribution in [1.82, 2.24) is 4.57 Å². The van der Waals surface area contributed by atoms with E-state index in [0.29, 0.717) is 12.3 Å². The van der Waals surface area contributed by atoms with Gasteiger partial charge in [0, 0.05) is 52.9 Å². The largest absolute Gasteiger partial charge is 0.342 e. The fourth-order valence-corrected chi connectivity index (χ4v) is 5.35. The number of carbonyl (C=O) groups excluding carboxylic acids is 1. The molecule has 0 spiro atoms. The lowest BCUT2D eigenvalue weighted by atomic mass is 10.0. The second-order valence-electron chi connectivity index (χ2n) is 8.13. The Labute approximate surface area is 196 Å². The standard InChI is InChI=1S/C26H23N3O3S/c30-26(28-15-5-7-20-6-1-3-9-23(20)28)18-33-25-17-27(24-10-4-2-8-22(24)25)16-19-11-13-21(14-12-19)29(31)32/h1-4,6,8-14,17H,5,7,15-16,18H2. The number of nitro groups is 1. The van der Waals surface area contributed by atoms with Crippen LogP contribution in [0.4, 0.5) is 11.4 Å². The highest BCUT2D eigenvalue weighted by Crippen LogP contribution is 2.32. The van der Waals surface area contributed by atoms with E-state index >= 15 is 0 Å². The molecule has 0 saturated heterocycles. The van der Waals surface area contributed by atoms with Crippen LogP contribution < -0.4 is 4.90 Å². The molecule has 1 aliphatic heterocycles. The Morgan fingerprint density at radius 3 is 2.58 bits per heavy atom. The number of carbonyl (C=O) groups is 1. The Hall–Kier alpha value is -3.58. The van der Waals surface area contributed by atoms with Gasteiger partial charge >= 0.3 is 0 Å². The number of aryl methyl sites for hydroxylation is 1. The smallest absolute Gasteiger partial charge is 0.269 e. The lowest BCUT2D eigenvalue weighted by Crippen LogP contribution is -2.36. The number of fused-ring (bicyclic) bond motifs is 2. The molecule has 6 nitrogen and oxygen atoms in total. The zero-order chi connectivity index (χ0) is 22.8. The second-order valence-corrected chi connectivity index (χ2v) is 9.15. The van der Waals surface area contributed by atoms with Crippen molar-refractivity contribution in [2.45, 2.75) is 24.3 Å². The molecule has 0 aliphatic carbocycles. The Balaban J connectivity index is 1.35. The van der Waals surface area contributed by atoms with Gasteiger partial charge in [-0.05, 0) is 36.1 Å². The third kappa shape index (κ3) is 4.36. The van der Waals surface area contributed by atoms with Crippen LogP contribution in [0.25, 0.3) is 10.9 Å². The molecule has 166 valence electrons. The van der Waals surface area contributed by atoms with Gasteiger partial charge < -0.3 is 9.47 Å². The molecule has 0 atom stereocenters. The molecule has 3 aromatic carbocycles. The molecular formula is C26H23N3O3S. The molecule has 33 heavy (non-hydrogen) atoms. The third-order valence-corrected chi connectivity index (χ3v) is 7.04. The van der Waals surface area contributed by atoms with Crippen LogP contribution in [0.15, 0.2) is 83.9 Å². The number of non-ortho nitro benzene ring substituents is 1. The van der Waals surface area contributed by atoms with Gasteiger partial charge in [0.25, 0.3) is 5.69 Å². The summed E-state index contributed by atoms with van der Waals surface area (Å²) in [5.41, 5.74) is 4.43. The Kier molecular flexibility index (Phi) is 5.88. The number of nitrogens with zero attached hydrogens (tertiary/aromatic N) is 3. The number of rotatable bonds is 6. The first-order valence-electron chi connectivity index (χ1n) is 10.9. The van der Waals surface area contributed by atoms with Gasteiger partial charge in [0.2, 0.25) is 5.91 Å². The minimum absolute atomic E-state index is 0.0881. The monoisotopic (exact) mass is 457 g/mol. The molecular weight excluding hydrogens is 434 g/mol. The van der Waals surface area contributed by atoms with E-state index in [-0.39, 0.29) is 16.5 Å². The molecule has 0 bridgehead atoms. The van der Waals surface area contributed by atoms with E-state index in [2.05, 4.69) is 29.0 Å². The van der Waals surface area contributed by atoms with Gasteiger partial charge in [0.1, 0.15) is 0 Å². The number of aromatic nitrogens is 1. The summed E-state index contributed by atoms with van der Waals surface area (Å²) in [6.45, 7) is 1.37. The van der Waals surface area contributed by atoms with Crippen molar-refractivity contribution in [1.29, 1.82) is 0 Å². The van der Waals surface area contributed by atoms with Crippen LogP contribution in [0.5, 0.6) is 0 Å². The highest BCUT2D eigenvalue weighted by atomic mass is 32.2. The first-order chi connectivity index (χ1) is 16.1. The number of anilines is 1. The number of para-hydroxylation sites is 2. The van der Waals surface area contributed by atoms with Gasteiger partial charge in [-0.2, -0.15) is 0 Å². The number of nitro benzene ring substituents is 1. The topological polar surface area (TPSA) is 68.4 Å². The molecule has 0 unspecified atom stereocenters. The summed E-state index contributed by atoms with van der Waals surface area (Å²) in [5, 5.41) is 12.0. The lowest BCUT2D eigenvalue weighted by Gasteiger charge is -2.29. The molecule has 4 aromatic rings. The molecule has 7 heteroatoms. The van der Waals surface area contributed by atoms with Crippen LogP contribution in [0.2, 0.25) is 0 Å². The van der Waals surface area contributed by atoms with Crippen LogP contribution in [0.3, 0.4) is 0 Å². The van der Waals surface area contributed by atoms with Crippen molar-refractivity contribution >= 4 is 39.9 Å². The number of hydrogen-bond acceptors (Lipinski definition) is 4. The average Bonchev–Trinajstić information content (AvgIpc) is 3.20. The van der Waals surface area contributed by atoms with E-state index in [0.717, 1.165) is 46.4 Å². The molecule has 5 rings (SSSR count). The number of amides is 1. The van der Waals surface area contributed by atoms with Crippen molar-refractivity contribution < 1.29 is 9.72 Å². The molecule has 1 amide bonds. The molecule has 1 aliphatic rings. The molecule has 2 heterocycles. The number of benzene rings is 3. The molecule has 0 N–H and O–H groups in total. The SMILES string of the molecule is O=C(CSc1cn(Cc2ccc([N+](=O)[O-])cc2)c2ccccc12)N1CCCc2ccccc21. The Morgan fingerprint density at radius 1 is 1.00 bits per heavy atom. The fourth-order valence-electron chi connectivity index (χ4n) is 4.39. The van der Waals surface area contributed by atoms with Crippen LogP contribution in [-0.2, 0) is 17.8 Å². The third-order valence-electron chi connectivity index (χ3n) is 6.01. The summed E-state index contributed by atoms with van der Waals surface area (Å²) in [6.07, 6.45) is 4.08. The normalized spacial score (nSPS) is 13.2. The van der Waals surface area contributed by atoms with E-state index in [4.69, 9.17) is 0 Å². The molecule has 0 saturated carbocycles. The first-order valence-corrected chi connectivity index (χ1v) is 11.9. The molecule has 1 aromatic heterocycles. The van der Waals surface area contributed by atoms with E-state index in [1.807, 2.05) is 35.2 Å². The van der Waals surface area contributed by atoms with Crippen LogP contribution in [-0.4, -0.2) is 27.7 Å². The van der Waals surface area contributed by atoms with Gasteiger partial charge in [-0.1, -0.05) is 48.5 Å². The zero-order valence-corrected chi connectivity index (χ0v) is 18.8.